The van der Waals surface area contributed by atoms with Gasteiger partial charge < -0.3 is 14.9 Å². The summed E-state index contributed by atoms with van der Waals surface area (Å²) in [5.41, 5.74) is 0. The average Bonchev–Trinajstić information content (AvgIpc) is 2.69. The predicted octanol–water partition coefficient (Wildman–Crippen LogP) is 0.156. The van der Waals surface area contributed by atoms with E-state index >= 15 is 0 Å². The molecule has 62 valence electrons. The van der Waals surface area contributed by atoms with Gasteiger partial charge in [0.25, 0.3) is 0 Å². The number of aliphatic hydroxyl groups is 2. The number of ether oxygens (including phenoxy) is 1. The number of unbranched alkanes of at least 4 members (excludes halogenated alkanes) is 1. The maximum atomic E-state index is 8.09. The van der Waals surface area contributed by atoms with Crippen LogP contribution >= 0.6 is 0 Å². The summed E-state index contributed by atoms with van der Waals surface area (Å²) >= 11 is 0. The van der Waals surface area contributed by atoms with Crippen LogP contribution in [0.5, 0.6) is 0 Å². The van der Waals surface area contributed by atoms with Crippen molar-refractivity contribution in [3.05, 3.63) is 0 Å². The average molecular weight is 148 g/mol. The summed E-state index contributed by atoms with van der Waals surface area (Å²) in [6, 6.07) is 0. The van der Waals surface area contributed by atoms with E-state index in [0.717, 1.165) is 19.4 Å². The zero-order chi connectivity index (χ0) is 7.82. The van der Waals surface area contributed by atoms with Crippen LogP contribution in [0.25, 0.3) is 0 Å². The first-order chi connectivity index (χ1) is 4.81. The Bertz CT molecular complexity index is 57.9. The fourth-order valence-corrected chi connectivity index (χ4v) is 0.320. The Morgan fingerprint density at radius 1 is 1.30 bits per heavy atom. The first kappa shape index (κ1) is 9.88. The van der Waals surface area contributed by atoms with Gasteiger partial charge in [0, 0.05) is 13.2 Å². The number of aliphatic hydroxyl groups excluding tert-OH is 2. The third kappa shape index (κ3) is 10.8. The molecule has 1 unspecified atom stereocenters. The van der Waals surface area contributed by atoms with E-state index in [1.54, 1.807) is 0 Å². The molecule has 1 aliphatic rings. The molecule has 0 spiro atoms. The van der Waals surface area contributed by atoms with E-state index in [4.69, 9.17) is 14.9 Å². The molecule has 0 saturated carbocycles. The van der Waals surface area contributed by atoms with Crippen LogP contribution in [-0.4, -0.2) is 36.1 Å². The van der Waals surface area contributed by atoms with Crippen molar-refractivity contribution in [1.29, 1.82) is 0 Å². The topological polar surface area (TPSA) is 53.0 Å². The largest absolute Gasteiger partial charge is 0.396 e. The first-order valence-electron chi connectivity index (χ1n) is 3.64. The van der Waals surface area contributed by atoms with E-state index in [2.05, 4.69) is 6.92 Å². The van der Waals surface area contributed by atoms with E-state index in [0.29, 0.717) is 6.10 Å². The second-order valence-electron chi connectivity index (χ2n) is 2.30. The van der Waals surface area contributed by atoms with E-state index in [-0.39, 0.29) is 13.2 Å². The van der Waals surface area contributed by atoms with E-state index < -0.39 is 0 Å². The Balaban J connectivity index is 0.000000172. The Hall–Kier alpha value is -0.120. The third-order valence-electron chi connectivity index (χ3n) is 1.07. The fourth-order valence-electron chi connectivity index (χ4n) is 0.320. The summed E-state index contributed by atoms with van der Waals surface area (Å²) in [5, 5.41) is 16.2. The maximum Gasteiger partial charge on any atom is 0.0781 e. The highest BCUT2D eigenvalue weighted by Gasteiger charge is 2.13. The second-order valence-corrected chi connectivity index (χ2v) is 2.30. The van der Waals surface area contributed by atoms with Gasteiger partial charge in [0.1, 0.15) is 0 Å². The number of hydrogen-bond acceptors (Lipinski definition) is 3. The van der Waals surface area contributed by atoms with Crippen molar-refractivity contribution in [3.8, 4) is 0 Å². The lowest BCUT2D eigenvalue weighted by Gasteiger charge is -1.85. The van der Waals surface area contributed by atoms with Crippen LogP contribution in [0.3, 0.4) is 0 Å². The van der Waals surface area contributed by atoms with Crippen LogP contribution in [0, 0.1) is 0 Å². The molecule has 0 aliphatic carbocycles. The van der Waals surface area contributed by atoms with Gasteiger partial charge in [-0.2, -0.15) is 0 Å². The molecule has 0 amide bonds. The molecule has 1 atom stereocenters. The monoisotopic (exact) mass is 148 g/mol. The maximum absolute atomic E-state index is 8.09. The normalized spacial score (nSPS) is 21.3. The predicted molar refractivity (Wildman–Crippen MR) is 38.8 cm³/mol. The standard InChI is InChI=1S/C4H10O2.C3H6O/c5-3-1-2-4-6;1-3-2-4-3/h5-6H,1-4H2;3H,2H2,1H3. The van der Waals surface area contributed by atoms with Crippen LogP contribution in [0.2, 0.25) is 0 Å². The molecular formula is C7H16O3. The van der Waals surface area contributed by atoms with Crippen molar-refractivity contribution in [2.45, 2.75) is 25.9 Å². The molecule has 3 heteroatoms. The third-order valence-corrected chi connectivity index (χ3v) is 1.07. The quantitative estimate of drug-likeness (QED) is 0.442. The van der Waals surface area contributed by atoms with Crippen molar-refractivity contribution in [3.63, 3.8) is 0 Å². The van der Waals surface area contributed by atoms with Crippen LogP contribution < -0.4 is 0 Å². The van der Waals surface area contributed by atoms with Crippen molar-refractivity contribution < 1.29 is 14.9 Å². The van der Waals surface area contributed by atoms with E-state index in [1.807, 2.05) is 0 Å². The summed E-state index contributed by atoms with van der Waals surface area (Å²) < 4.78 is 4.71. The van der Waals surface area contributed by atoms with Gasteiger partial charge >= 0.3 is 0 Å². The number of epoxide rings is 1. The van der Waals surface area contributed by atoms with E-state index in [1.165, 1.54) is 0 Å². The second kappa shape index (κ2) is 6.99. The molecule has 2 N–H and O–H groups in total. The van der Waals surface area contributed by atoms with Gasteiger partial charge in [-0.3, -0.25) is 0 Å². The van der Waals surface area contributed by atoms with Crippen molar-refractivity contribution in [2.75, 3.05) is 19.8 Å². The smallest absolute Gasteiger partial charge is 0.0781 e. The zero-order valence-corrected chi connectivity index (χ0v) is 6.42. The molecule has 0 aromatic carbocycles. The molecule has 1 rings (SSSR count). The Kier molecular flexibility index (Phi) is 6.91. The van der Waals surface area contributed by atoms with Gasteiger partial charge in [-0.25, -0.2) is 0 Å². The van der Waals surface area contributed by atoms with Gasteiger partial charge in [-0.1, -0.05) is 0 Å². The molecule has 0 bridgehead atoms. The zero-order valence-electron chi connectivity index (χ0n) is 6.42. The molecule has 0 radical (unpaired) electrons. The summed E-state index contributed by atoms with van der Waals surface area (Å²) in [6.07, 6.45) is 2.02. The summed E-state index contributed by atoms with van der Waals surface area (Å²) in [4.78, 5) is 0. The van der Waals surface area contributed by atoms with Crippen LogP contribution in [0.15, 0.2) is 0 Å². The highest BCUT2D eigenvalue weighted by Crippen LogP contribution is 2.04. The fraction of sp³-hybridized carbons (Fsp3) is 1.00. The Labute approximate surface area is 61.6 Å². The van der Waals surface area contributed by atoms with Crippen molar-refractivity contribution in [1.82, 2.24) is 0 Å². The lowest BCUT2D eigenvalue weighted by atomic mass is 10.3. The Morgan fingerprint density at radius 2 is 1.60 bits per heavy atom. The Morgan fingerprint density at radius 3 is 1.70 bits per heavy atom. The lowest BCUT2D eigenvalue weighted by molar-refractivity contribution is 0.242. The molecule has 10 heavy (non-hydrogen) atoms. The first-order valence-corrected chi connectivity index (χ1v) is 3.64. The highest BCUT2D eigenvalue weighted by atomic mass is 16.6. The minimum atomic E-state index is 0.195. The molecule has 0 aromatic heterocycles. The molecule has 1 aliphatic heterocycles. The van der Waals surface area contributed by atoms with Gasteiger partial charge in [0.15, 0.2) is 0 Å². The molecule has 1 saturated heterocycles. The summed E-state index contributed by atoms with van der Waals surface area (Å²) in [5.74, 6) is 0. The molecule has 1 fully saturated rings. The van der Waals surface area contributed by atoms with Crippen molar-refractivity contribution in [2.24, 2.45) is 0 Å². The van der Waals surface area contributed by atoms with Crippen molar-refractivity contribution >= 4 is 0 Å². The van der Waals surface area contributed by atoms with E-state index in [9.17, 15) is 0 Å². The SMILES string of the molecule is CC1CO1.OCCCCO. The minimum absolute atomic E-state index is 0.195. The lowest BCUT2D eigenvalue weighted by Crippen LogP contribution is -1.85. The number of rotatable bonds is 3. The van der Waals surface area contributed by atoms with Crippen LogP contribution in [0.1, 0.15) is 19.8 Å². The molecule has 1 heterocycles. The minimum Gasteiger partial charge on any atom is -0.396 e. The molecule has 3 nitrogen and oxygen atoms in total. The van der Waals surface area contributed by atoms with Gasteiger partial charge in [-0.05, 0) is 19.8 Å². The number of hydrogen-bond donors (Lipinski definition) is 2. The molecule has 0 aromatic rings. The molecular weight excluding hydrogens is 132 g/mol. The summed E-state index contributed by atoms with van der Waals surface area (Å²) in [7, 11) is 0. The van der Waals surface area contributed by atoms with Crippen LogP contribution in [0.4, 0.5) is 0 Å². The summed E-state index contributed by atoms with van der Waals surface area (Å²) in [6.45, 7) is 3.43. The van der Waals surface area contributed by atoms with Gasteiger partial charge in [0.05, 0.1) is 12.7 Å². The highest BCUT2D eigenvalue weighted by molar-refractivity contribution is 4.58. The van der Waals surface area contributed by atoms with Gasteiger partial charge in [0.2, 0.25) is 0 Å². The van der Waals surface area contributed by atoms with Crippen LogP contribution in [-0.2, 0) is 4.74 Å². The van der Waals surface area contributed by atoms with Gasteiger partial charge in [-0.15, -0.1) is 0 Å².